The molecule has 1 rings (SSSR count). The maximum Gasteiger partial charge on any atom is 0.350 e. The Hall–Kier alpha value is -1.53. The van der Waals surface area contributed by atoms with Gasteiger partial charge in [0.05, 0.1) is 13.7 Å². The zero-order valence-electron chi connectivity index (χ0n) is 20.0. The average Bonchev–Trinajstić information content (AvgIpc) is 3.09. The standard InChI is InChI=1S/C13H23N2O4.C8H18O4S/c1-5-8-17-11(2)18-12(3)19-13(16)9-15-7-6-14(4)10-15;1-2-3-4-5-6-7-8-12-13(9,10)11/h6-7,10-12H,5,8-9H2,1-4H3;2-8H2,1H3,(H,9,10,11)/q+1;/p-1. The molecule has 0 radical (unpaired) electrons. The molecule has 2 atom stereocenters. The van der Waals surface area contributed by atoms with Gasteiger partial charge in [0.15, 0.2) is 12.8 Å². The number of carbonyl (C=O) groups is 1. The first kappa shape index (κ1) is 30.5. The lowest BCUT2D eigenvalue weighted by Gasteiger charge is -2.19. The molecular formula is C21H40N2O8S. The highest BCUT2D eigenvalue weighted by Gasteiger charge is 2.15. The molecule has 0 aliphatic rings. The average molecular weight is 481 g/mol. The molecule has 0 bridgehead atoms. The normalized spacial score (nSPS) is 13.2. The molecule has 0 amide bonds. The summed E-state index contributed by atoms with van der Waals surface area (Å²) in [6, 6.07) is 0. The van der Waals surface area contributed by atoms with E-state index in [0.717, 1.165) is 19.3 Å². The van der Waals surface area contributed by atoms with Gasteiger partial charge in [-0.25, -0.2) is 22.3 Å². The summed E-state index contributed by atoms with van der Waals surface area (Å²) in [6.45, 7) is 8.43. The van der Waals surface area contributed by atoms with Gasteiger partial charge in [-0.2, -0.15) is 0 Å². The highest BCUT2D eigenvalue weighted by Crippen LogP contribution is 2.05. The second-order valence-corrected chi connectivity index (χ2v) is 8.43. The number of imidazole rings is 1. The van der Waals surface area contributed by atoms with Crippen molar-refractivity contribution in [2.75, 3.05) is 13.2 Å². The van der Waals surface area contributed by atoms with Crippen molar-refractivity contribution in [2.24, 2.45) is 7.05 Å². The van der Waals surface area contributed by atoms with E-state index in [4.69, 9.17) is 14.2 Å². The van der Waals surface area contributed by atoms with Crippen molar-refractivity contribution in [3.05, 3.63) is 18.7 Å². The van der Waals surface area contributed by atoms with E-state index in [1.807, 2.05) is 24.7 Å². The van der Waals surface area contributed by atoms with Gasteiger partial charge < -0.3 is 18.8 Å². The molecule has 0 fully saturated rings. The van der Waals surface area contributed by atoms with Gasteiger partial charge in [-0.3, -0.25) is 4.18 Å². The lowest BCUT2D eigenvalue weighted by atomic mass is 10.1. The summed E-state index contributed by atoms with van der Waals surface area (Å²) in [4.78, 5) is 11.7. The molecule has 10 nitrogen and oxygen atoms in total. The van der Waals surface area contributed by atoms with E-state index in [-0.39, 0.29) is 25.4 Å². The molecule has 11 heteroatoms. The minimum Gasteiger partial charge on any atom is -0.726 e. The number of carbonyl (C=O) groups excluding carboxylic acids is 1. The van der Waals surface area contributed by atoms with Crippen LogP contribution in [-0.4, -0.2) is 49.3 Å². The van der Waals surface area contributed by atoms with Crippen LogP contribution < -0.4 is 4.57 Å². The quantitative estimate of drug-likeness (QED) is 0.0884. The second kappa shape index (κ2) is 18.0. The van der Waals surface area contributed by atoms with E-state index in [0.29, 0.717) is 13.0 Å². The Balaban J connectivity index is 0.000000649. The predicted molar refractivity (Wildman–Crippen MR) is 117 cm³/mol. The molecule has 1 heterocycles. The van der Waals surface area contributed by atoms with Crippen LogP contribution in [0.1, 0.15) is 72.6 Å². The van der Waals surface area contributed by atoms with Gasteiger partial charge in [0.25, 0.3) is 0 Å². The fourth-order valence-electron chi connectivity index (χ4n) is 2.63. The molecule has 1 aromatic rings. The van der Waals surface area contributed by atoms with Crippen molar-refractivity contribution in [1.29, 1.82) is 0 Å². The fourth-order valence-corrected chi connectivity index (χ4v) is 2.95. The molecule has 0 saturated heterocycles. The monoisotopic (exact) mass is 480 g/mol. The van der Waals surface area contributed by atoms with Gasteiger partial charge in [-0.1, -0.05) is 46.0 Å². The maximum absolute atomic E-state index is 11.7. The van der Waals surface area contributed by atoms with E-state index in [2.05, 4.69) is 11.1 Å². The van der Waals surface area contributed by atoms with E-state index in [1.165, 1.54) is 19.3 Å². The molecule has 0 aliphatic carbocycles. The summed E-state index contributed by atoms with van der Waals surface area (Å²) in [5.74, 6) is -0.341. The van der Waals surface area contributed by atoms with Crippen molar-refractivity contribution in [3.8, 4) is 0 Å². The van der Waals surface area contributed by atoms with Crippen molar-refractivity contribution in [2.45, 2.75) is 91.8 Å². The van der Waals surface area contributed by atoms with Crippen LogP contribution in [0.3, 0.4) is 0 Å². The first-order valence-corrected chi connectivity index (χ1v) is 12.5. The van der Waals surface area contributed by atoms with Crippen molar-refractivity contribution < 1.29 is 40.7 Å². The predicted octanol–water partition coefficient (Wildman–Crippen LogP) is 2.81. The summed E-state index contributed by atoms with van der Waals surface area (Å²) in [5.41, 5.74) is 0. The van der Waals surface area contributed by atoms with Crippen LogP contribution in [0, 0.1) is 0 Å². The van der Waals surface area contributed by atoms with Crippen LogP contribution in [0.4, 0.5) is 0 Å². The summed E-state index contributed by atoms with van der Waals surface area (Å²) in [5, 5.41) is 0. The van der Waals surface area contributed by atoms with Crippen LogP contribution in [-0.2, 0) is 47.2 Å². The summed E-state index contributed by atoms with van der Waals surface area (Å²) < 4.78 is 53.5. The van der Waals surface area contributed by atoms with E-state index in [9.17, 15) is 17.8 Å². The molecule has 0 aromatic carbocycles. The van der Waals surface area contributed by atoms with E-state index in [1.54, 1.807) is 30.9 Å². The Kier molecular flexibility index (Phi) is 17.1. The second-order valence-electron chi connectivity index (χ2n) is 7.38. The largest absolute Gasteiger partial charge is 0.726 e. The van der Waals surface area contributed by atoms with Gasteiger partial charge in [0.2, 0.25) is 23.0 Å². The lowest BCUT2D eigenvalue weighted by Crippen LogP contribution is -2.27. The van der Waals surface area contributed by atoms with Crippen molar-refractivity contribution in [1.82, 2.24) is 4.57 Å². The molecule has 32 heavy (non-hydrogen) atoms. The van der Waals surface area contributed by atoms with Crippen molar-refractivity contribution >= 4 is 16.4 Å². The van der Waals surface area contributed by atoms with Crippen LogP contribution in [0.5, 0.6) is 0 Å². The van der Waals surface area contributed by atoms with Gasteiger partial charge >= 0.3 is 5.97 Å². The van der Waals surface area contributed by atoms with Gasteiger partial charge in [0.1, 0.15) is 12.4 Å². The Bertz CT molecular complexity index is 708. The number of aryl methyl sites for hydroxylation is 1. The number of rotatable bonds is 16. The highest BCUT2D eigenvalue weighted by molar-refractivity contribution is 7.80. The van der Waals surface area contributed by atoms with Gasteiger partial charge in [-0.15, -0.1) is 0 Å². The maximum atomic E-state index is 11.7. The summed E-state index contributed by atoms with van der Waals surface area (Å²) >= 11 is 0. The van der Waals surface area contributed by atoms with E-state index >= 15 is 0 Å². The highest BCUT2D eigenvalue weighted by atomic mass is 32.3. The molecular weight excluding hydrogens is 440 g/mol. The third kappa shape index (κ3) is 19.2. The minimum atomic E-state index is -4.47. The zero-order chi connectivity index (χ0) is 24.4. The number of unbranched alkanes of at least 4 members (excludes halogenated alkanes) is 5. The molecule has 1 aromatic heterocycles. The summed E-state index contributed by atoms with van der Waals surface area (Å²) in [6.07, 6.45) is 11.6. The van der Waals surface area contributed by atoms with Crippen LogP contribution in [0.2, 0.25) is 0 Å². The van der Waals surface area contributed by atoms with E-state index < -0.39 is 16.7 Å². The number of nitrogens with zero attached hydrogens (tertiary/aromatic N) is 2. The zero-order valence-corrected chi connectivity index (χ0v) is 20.8. The Labute approximate surface area is 192 Å². The molecule has 0 spiro atoms. The molecule has 0 aliphatic heterocycles. The topological polar surface area (TPSA) is 120 Å². The third-order valence-electron chi connectivity index (χ3n) is 4.10. The van der Waals surface area contributed by atoms with Gasteiger partial charge in [-0.05, 0) is 26.7 Å². The first-order valence-electron chi connectivity index (χ1n) is 11.1. The third-order valence-corrected chi connectivity index (χ3v) is 4.55. The Morgan fingerprint density at radius 3 is 2.25 bits per heavy atom. The lowest BCUT2D eigenvalue weighted by molar-refractivity contribution is -0.671. The van der Waals surface area contributed by atoms with Gasteiger partial charge in [0, 0.05) is 6.61 Å². The Morgan fingerprint density at radius 2 is 1.69 bits per heavy atom. The van der Waals surface area contributed by atoms with Crippen LogP contribution >= 0.6 is 0 Å². The van der Waals surface area contributed by atoms with Crippen molar-refractivity contribution in [3.63, 3.8) is 0 Å². The number of hydrogen-bond donors (Lipinski definition) is 0. The van der Waals surface area contributed by atoms with Crippen LogP contribution in [0.15, 0.2) is 18.7 Å². The minimum absolute atomic E-state index is 0.0258. The SMILES string of the molecule is CCCCCCCCOS(=O)(=O)[O-].CCCOC(C)OC(C)OC(=O)Cn1cc[n+](C)c1. The first-order chi connectivity index (χ1) is 15.1. The molecule has 0 N–H and O–H groups in total. The summed E-state index contributed by atoms with van der Waals surface area (Å²) in [7, 11) is -2.58. The Morgan fingerprint density at radius 1 is 1.03 bits per heavy atom. The van der Waals surface area contributed by atoms with Crippen LogP contribution in [0.25, 0.3) is 0 Å². The smallest absolute Gasteiger partial charge is 0.350 e. The molecule has 2 unspecified atom stereocenters. The number of hydrogen-bond acceptors (Lipinski definition) is 8. The molecule has 188 valence electrons. The molecule has 0 saturated carbocycles. The number of aromatic nitrogens is 2. The fraction of sp³-hybridized carbons (Fsp3) is 0.810. The number of esters is 1. The number of ether oxygens (including phenoxy) is 3.